The Bertz CT molecular complexity index is 1280. The molecule has 2 fully saturated rings. The summed E-state index contributed by atoms with van der Waals surface area (Å²) in [4.78, 5) is 25.0. The predicted molar refractivity (Wildman–Crippen MR) is 137 cm³/mol. The van der Waals surface area contributed by atoms with Gasteiger partial charge in [0.2, 0.25) is 5.91 Å². The number of likely N-dealkylation sites (tertiary alicyclic amines) is 1. The maximum absolute atomic E-state index is 11.8. The fourth-order valence-electron chi connectivity index (χ4n) is 4.50. The number of hydrogen-bond donors (Lipinski definition) is 1. The van der Waals surface area contributed by atoms with Crippen molar-refractivity contribution in [3.63, 3.8) is 0 Å². The maximum Gasteiger partial charge on any atom is 0.225 e. The number of anilines is 1. The Kier molecular flexibility index (Phi) is 7.59. The van der Waals surface area contributed by atoms with Gasteiger partial charge in [0.25, 0.3) is 0 Å². The van der Waals surface area contributed by atoms with Crippen LogP contribution in [0, 0.1) is 11.3 Å². The second-order valence-electron chi connectivity index (χ2n) is 9.14. The van der Waals surface area contributed by atoms with Crippen LogP contribution in [0.2, 0.25) is 0 Å². The molecule has 0 aliphatic carbocycles. The summed E-state index contributed by atoms with van der Waals surface area (Å²) in [5, 5.41) is 18.6. The summed E-state index contributed by atoms with van der Waals surface area (Å²) in [6, 6.07) is 18.0. The molecule has 0 unspecified atom stereocenters. The van der Waals surface area contributed by atoms with E-state index in [1.807, 2.05) is 12.1 Å². The maximum atomic E-state index is 11.8. The van der Waals surface area contributed by atoms with Gasteiger partial charge in [-0.15, -0.1) is 0 Å². The standard InChI is InChI=1S/C28H29N5O4/c29-17-22-16-21(3-6-26(22)37-24-18-33(19-24)28(35)8-12-34)25-7-9-30-27(31-25)15-20-1-4-23(5-2-20)32-10-13-36-14-11-32/h1-7,9,16,24,34H,8,10-15,18-19H2. The number of aliphatic hydroxyl groups is 1. The van der Waals surface area contributed by atoms with Crippen molar-refractivity contribution >= 4 is 11.6 Å². The highest BCUT2D eigenvalue weighted by molar-refractivity contribution is 5.77. The number of ether oxygens (including phenoxy) is 2. The molecule has 1 amide bonds. The summed E-state index contributed by atoms with van der Waals surface area (Å²) in [7, 11) is 0. The molecule has 0 atom stereocenters. The first-order valence-corrected chi connectivity index (χ1v) is 12.5. The Labute approximate surface area is 215 Å². The van der Waals surface area contributed by atoms with Gasteiger partial charge < -0.3 is 24.4 Å². The minimum atomic E-state index is -0.166. The average Bonchev–Trinajstić information content (AvgIpc) is 2.91. The number of aromatic nitrogens is 2. The van der Waals surface area contributed by atoms with Crippen LogP contribution in [0.4, 0.5) is 5.69 Å². The van der Waals surface area contributed by atoms with Crippen molar-refractivity contribution in [3.8, 4) is 23.1 Å². The molecule has 2 aliphatic heterocycles. The molecule has 3 heterocycles. The SMILES string of the molecule is N#Cc1cc(-c2ccnc(Cc3ccc(N4CCOCC4)cc3)n2)ccc1OC1CN(C(=O)CCO)C1. The lowest BCUT2D eigenvalue weighted by Crippen LogP contribution is -2.56. The molecule has 0 radical (unpaired) electrons. The van der Waals surface area contributed by atoms with Crippen molar-refractivity contribution < 1.29 is 19.4 Å². The fourth-order valence-corrected chi connectivity index (χ4v) is 4.50. The van der Waals surface area contributed by atoms with Crippen LogP contribution in [0.25, 0.3) is 11.3 Å². The van der Waals surface area contributed by atoms with Gasteiger partial charge in [-0.2, -0.15) is 5.26 Å². The molecule has 2 aromatic carbocycles. The molecule has 9 heteroatoms. The predicted octanol–water partition coefficient (Wildman–Crippen LogP) is 2.41. The quantitative estimate of drug-likeness (QED) is 0.503. The molecular weight excluding hydrogens is 470 g/mol. The third-order valence-corrected chi connectivity index (χ3v) is 6.60. The number of benzene rings is 2. The number of rotatable bonds is 8. The van der Waals surface area contributed by atoms with E-state index in [4.69, 9.17) is 19.6 Å². The van der Waals surface area contributed by atoms with Crippen LogP contribution in [-0.2, 0) is 16.0 Å². The van der Waals surface area contributed by atoms with Gasteiger partial charge in [0.1, 0.15) is 23.7 Å². The topological polar surface area (TPSA) is 112 Å². The highest BCUT2D eigenvalue weighted by atomic mass is 16.5. The Hall–Kier alpha value is -4.00. The second kappa shape index (κ2) is 11.4. The number of morpholine rings is 1. The molecule has 3 aromatic rings. The Morgan fingerprint density at radius 2 is 1.92 bits per heavy atom. The molecule has 9 nitrogen and oxygen atoms in total. The number of nitrogens with zero attached hydrogens (tertiary/aromatic N) is 5. The molecule has 2 saturated heterocycles. The van der Waals surface area contributed by atoms with E-state index in [9.17, 15) is 10.1 Å². The molecule has 0 spiro atoms. The first kappa shape index (κ1) is 24.7. The van der Waals surface area contributed by atoms with E-state index in [-0.39, 0.29) is 25.0 Å². The number of nitriles is 1. The van der Waals surface area contributed by atoms with Crippen molar-refractivity contribution in [2.24, 2.45) is 0 Å². The number of carbonyl (C=O) groups excluding carboxylic acids is 1. The summed E-state index contributed by atoms with van der Waals surface area (Å²) >= 11 is 0. The van der Waals surface area contributed by atoms with Gasteiger partial charge in [-0.05, 0) is 42.0 Å². The molecule has 2 aliphatic rings. The Balaban J connectivity index is 1.24. The summed E-state index contributed by atoms with van der Waals surface area (Å²) < 4.78 is 11.4. The van der Waals surface area contributed by atoms with Crippen molar-refractivity contribution in [1.82, 2.24) is 14.9 Å². The van der Waals surface area contributed by atoms with Crippen LogP contribution in [0.5, 0.6) is 5.75 Å². The van der Waals surface area contributed by atoms with Crippen molar-refractivity contribution in [1.29, 1.82) is 5.26 Å². The minimum Gasteiger partial charge on any atom is -0.485 e. The van der Waals surface area contributed by atoms with E-state index in [0.29, 0.717) is 36.6 Å². The highest BCUT2D eigenvalue weighted by Gasteiger charge is 2.32. The third kappa shape index (κ3) is 5.88. The smallest absolute Gasteiger partial charge is 0.225 e. The summed E-state index contributed by atoms with van der Waals surface area (Å²) in [5.74, 6) is 1.10. The van der Waals surface area contributed by atoms with Gasteiger partial charge in [0.05, 0.1) is 44.2 Å². The van der Waals surface area contributed by atoms with Crippen LogP contribution < -0.4 is 9.64 Å². The molecule has 190 valence electrons. The monoisotopic (exact) mass is 499 g/mol. The van der Waals surface area contributed by atoms with E-state index in [1.54, 1.807) is 23.2 Å². The largest absolute Gasteiger partial charge is 0.485 e. The first-order valence-electron chi connectivity index (χ1n) is 12.5. The number of amides is 1. The highest BCUT2D eigenvalue weighted by Crippen LogP contribution is 2.28. The zero-order valence-corrected chi connectivity index (χ0v) is 20.5. The number of carbonyl (C=O) groups is 1. The third-order valence-electron chi connectivity index (χ3n) is 6.60. The summed E-state index contributed by atoms with van der Waals surface area (Å²) in [6.07, 6.45) is 2.30. The van der Waals surface area contributed by atoms with Crippen molar-refractivity contribution in [2.75, 3.05) is 50.9 Å². The van der Waals surface area contributed by atoms with Crippen LogP contribution in [-0.4, -0.2) is 78.0 Å². The lowest BCUT2D eigenvalue weighted by molar-refractivity contribution is -0.140. The van der Waals surface area contributed by atoms with E-state index in [1.165, 1.54) is 5.69 Å². The Morgan fingerprint density at radius 3 is 2.65 bits per heavy atom. The lowest BCUT2D eigenvalue weighted by Gasteiger charge is -2.39. The van der Waals surface area contributed by atoms with Crippen LogP contribution in [0.15, 0.2) is 54.7 Å². The summed E-state index contributed by atoms with van der Waals surface area (Å²) in [6.45, 7) is 4.07. The molecular formula is C28H29N5O4. The molecule has 1 N–H and O–H groups in total. The number of aliphatic hydroxyl groups excluding tert-OH is 1. The summed E-state index contributed by atoms with van der Waals surface area (Å²) in [5.41, 5.74) is 4.28. The van der Waals surface area contributed by atoms with Crippen molar-refractivity contribution in [3.05, 3.63) is 71.7 Å². The van der Waals surface area contributed by atoms with Gasteiger partial charge >= 0.3 is 0 Å². The first-order chi connectivity index (χ1) is 18.1. The molecule has 0 saturated carbocycles. The molecule has 1 aromatic heterocycles. The number of hydrogen-bond acceptors (Lipinski definition) is 8. The van der Waals surface area contributed by atoms with E-state index >= 15 is 0 Å². The van der Waals surface area contributed by atoms with Gasteiger partial charge in [-0.3, -0.25) is 4.79 Å². The van der Waals surface area contributed by atoms with Crippen LogP contribution in [0.1, 0.15) is 23.4 Å². The molecule has 5 rings (SSSR count). The van der Waals surface area contributed by atoms with E-state index in [2.05, 4.69) is 40.2 Å². The Morgan fingerprint density at radius 1 is 1.14 bits per heavy atom. The molecule has 0 bridgehead atoms. The van der Waals surface area contributed by atoms with Gasteiger partial charge in [0.15, 0.2) is 0 Å². The van der Waals surface area contributed by atoms with E-state index in [0.717, 1.165) is 43.1 Å². The van der Waals surface area contributed by atoms with Gasteiger partial charge in [-0.1, -0.05) is 12.1 Å². The second-order valence-corrected chi connectivity index (χ2v) is 9.14. The molecule has 37 heavy (non-hydrogen) atoms. The van der Waals surface area contributed by atoms with Crippen molar-refractivity contribution in [2.45, 2.75) is 18.9 Å². The zero-order valence-electron chi connectivity index (χ0n) is 20.5. The van der Waals surface area contributed by atoms with Crippen LogP contribution >= 0.6 is 0 Å². The lowest BCUT2D eigenvalue weighted by atomic mass is 10.1. The van der Waals surface area contributed by atoms with Gasteiger partial charge in [0, 0.05) is 43.4 Å². The average molecular weight is 500 g/mol. The fraction of sp³-hybridized carbons (Fsp3) is 0.357. The van der Waals surface area contributed by atoms with E-state index < -0.39 is 0 Å². The van der Waals surface area contributed by atoms with Gasteiger partial charge in [-0.25, -0.2) is 9.97 Å². The zero-order chi connectivity index (χ0) is 25.6. The van der Waals surface area contributed by atoms with Crippen LogP contribution in [0.3, 0.4) is 0 Å². The minimum absolute atomic E-state index is 0.0918. The normalized spacial score (nSPS) is 15.7.